The summed E-state index contributed by atoms with van der Waals surface area (Å²) in [4.78, 5) is 28.6. The molecule has 0 aliphatic heterocycles. The van der Waals surface area contributed by atoms with Crippen LogP contribution in [-0.2, 0) is 0 Å². The SMILES string of the molecule is CCCNCC(O)COc1ccc(C(=O)c2[nH]c(=O)[nH]c2C)cc1. The van der Waals surface area contributed by atoms with Crippen LogP contribution in [0, 0.1) is 6.92 Å². The first-order valence-corrected chi connectivity index (χ1v) is 7.96. The average molecular weight is 333 g/mol. The van der Waals surface area contributed by atoms with E-state index in [0.717, 1.165) is 13.0 Å². The molecule has 1 atom stereocenters. The molecule has 0 spiro atoms. The zero-order chi connectivity index (χ0) is 17.5. The van der Waals surface area contributed by atoms with Crippen molar-refractivity contribution in [1.29, 1.82) is 0 Å². The second-order valence-corrected chi connectivity index (χ2v) is 5.60. The third-order valence-electron chi connectivity index (χ3n) is 3.51. The highest BCUT2D eigenvalue weighted by atomic mass is 16.5. The lowest BCUT2D eigenvalue weighted by atomic mass is 10.1. The first-order valence-electron chi connectivity index (χ1n) is 7.96. The molecule has 130 valence electrons. The number of aromatic amines is 2. The van der Waals surface area contributed by atoms with Crippen molar-refractivity contribution >= 4 is 5.78 Å². The number of aryl methyl sites for hydroxylation is 1. The highest BCUT2D eigenvalue weighted by Gasteiger charge is 2.14. The second-order valence-electron chi connectivity index (χ2n) is 5.60. The van der Waals surface area contributed by atoms with Crippen molar-refractivity contribution < 1.29 is 14.6 Å². The third-order valence-corrected chi connectivity index (χ3v) is 3.51. The Kier molecular flexibility index (Phi) is 6.34. The zero-order valence-corrected chi connectivity index (χ0v) is 13.9. The van der Waals surface area contributed by atoms with Crippen LogP contribution < -0.4 is 15.7 Å². The molecule has 4 N–H and O–H groups in total. The van der Waals surface area contributed by atoms with Gasteiger partial charge in [0.05, 0.1) is 0 Å². The molecule has 1 aromatic carbocycles. The normalized spacial score (nSPS) is 12.1. The van der Waals surface area contributed by atoms with Gasteiger partial charge in [-0.05, 0) is 44.2 Å². The third kappa shape index (κ3) is 4.81. The summed E-state index contributed by atoms with van der Waals surface area (Å²) in [6, 6.07) is 6.59. The minimum atomic E-state index is -0.592. The fourth-order valence-electron chi connectivity index (χ4n) is 2.24. The Labute approximate surface area is 140 Å². The minimum absolute atomic E-state index is 0.175. The number of aromatic nitrogens is 2. The molecule has 2 rings (SSSR count). The number of carbonyl (C=O) groups is 1. The van der Waals surface area contributed by atoms with Gasteiger partial charge in [-0.3, -0.25) is 4.79 Å². The molecule has 1 unspecified atom stereocenters. The van der Waals surface area contributed by atoms with Crippen LogP contribution in [-0.4, -0.2) is 46.7 Å². The fourth-order valence-corrected chi connectivity index (χ4v) is 2.24. The molecule has 7 nitrogen and oxygen atoms in total. The number of hydrogen-bond acceptors (Lipinski definition) is 5. The summed E-state index contributed by atoms with van der Waals surface area (Å²) in [5.74, 6) is 0.307. The standard InChI is InChI=1S/C17H23N3O4/c1-3-8-18-9-13(21)10-24-14-6-4-12(5-7-14)16(22)15-11(2)19-17(23)20-15/h4-7,13,18,21H,3,8-10H2,1-2H3,(H2,19,20,23). The van der Waals surface area contributed by atoms with E-state index in [-0.39, 0.29) is 18.1 Å². The Morgan fingerprint density at radius 1 is 1.29 bits per heavy atom. The van der Waals surface area contributed by atoms with Crippen molar-refractivity contribution in [3.63, 3.8) is 0 Å². The maximum absolute atomic E-state index is 12.3. The van der Waals surface area contributed by atoms with Gasteiger partial charge in [0.2, 0.25) is 5.78 Å². The molecule has 0 aliphatic carbocycles. The van der Waals surface area contributed by atoms with Gasteiger partial charge in [-0.25, -0.2) is 4.79 Å². The predicted octanol–water partition coefficient (Wildman–Crippen LogP) is 0.982. The average Bonchev–Trinajstić information content (AvgIpc) is 2.91. The first-order chi connectivity index (χ1) is 11.5. The number of rotatable bonds is 9. The maximum atomic E-state index is 12.3. The highest BCUT2D eigenvalue weighted by molar-refractivity contribution is 6.08. The molecule has 0 fully saturated rings. The molecule has 1 aromatic heterocycles. The van der Waals surface area contributed by atoms with Gasteiger partial charge in [0, 0.05) is 17.8 Å². The van der Waals surface area contributed by atoms with Crippen LogP contribution in [0.1, 0.15) is 35.1 Å². The van der Waals surface area contributed by atoms with Crippen LogP contribution in [0.4, 0.5) is 0 Å². The summed E-state index contributed by atoms with van der Waals surface area (Å²) in [5.41, 5.74) is 0.812. The van der Waals surface area contributed by atoms with E-state index in [4.69, 9.17) is 4.74 Å². The van der Waals surface area contributed by atoms with Crippen LogP contribution >= 0.6 is 0 Å². The van der Waals surface area contributed by atoms with Crippen LogP contribution in [0.25, 0.3) is 0 Å². The topological polar surface area (TPSA) is 107 Å². The van der Waals surface area contributed by atoms with E-state index in [2.05, 4.69) is 22.2 Å². The lowest BCUT2D eigenvalue weighted by Gasteiger charge is -2.13. The van der Waals surface area contributed by atoms with Crippen molar-refractivity contribution in [2.75, 3.05) is 19.7 Å². The van der Waals surface area contributed by atoms with Crippen molar-refractivity contribution in [2.45, 2.75) is 26.4 Å². The van der Waals surface area contributed by atoms with Crippen molar-refractivity contribution in [3.05, 3.63) is 51.7 Å². The minimum Gasteiger partial charge on any atom is -0.491 e. The molecule has 0 amide bonds. The van der Waals surface area contributed by atoms with Gasteiger partial charge >= 0.3 is 5.69 Å². The smallest absolute Gasteiger partial charge is 0.323 e. The van der Waals surface area contributed by atoms with Gasteiger partial charge in [-0.2, -0.15) is 0 Å². The van der Waals surface area contributed by atoms with E-state index in [1.807, 2.05) is 0 Å². The molecular formula is C17H23N3O4. The van der Waals surface area contributed by atoms with Crippen molar-refractivity contribution in [3.8, 4) is 5.75 Å². The number of carbonyl (C=O) groups excluding carboxylic acids is 1. The Bertz CT molecular complexity index is 718. The van der Waals surface area contributed by atoms with E-state index in [1.165, 1.54) is 0 Å². The molecular weight excluding hydrogens is 310 g/mol. The Morgan fingerprint density at radius 2 is 2.00 bits per heavy atom. The number of aliphatic hydroxyl groups is 1. The number of ether oxygens (including phenoxy) is 1. The number of benzene rings is 1. The Hall–Kier alpha value is -2.38. The van der Waals surface area contributed by atoms with Crippen LogP contribution in [0.2, 0.25) is 0 Å². The lowest BCUT2D eigenvalue weighted by Crippen LogP contribution is -2.31. The molecule has 0 radical (unpaired) electrons. The Balaban J connectivity index is 1.92. The van der Waals surface area contributed by atoms with Crippen molar-refractivity contribution in [1.82, 2.24) is 15.3 Å². The van der Waals surface area contributed by atoms with E-state index in [1.54, 1.807) is 31.2 Å². The maximum Gasteiger partial charge on any atom is 0.323 e. The molecule has 7 heteroatoms. The first kappa shape index (κ1) is 18.0. The van der Waals surface area contributed by atoms with Gasteiger partial charge in [0.25, 0.3) is 0 Å². The van der Waals surface area contributed by atoms with E-state index < -0.39 is 11.8 Å². The van der Waals surface area contributed by atoms with E-state index in [9.17, 15) is 14.7 Å². The van der Waals surface area contributed by atoms with Crippen LogP contribution in [0.3, 0.4) is 0 Å². The molecule has 2 aromatic rings. The van der Waals surface area contributed by atoms with Gasteiger partial charge in [-0.1, -0.05) is 6.92 Å². The van der Waals surface area contributed by atoms with Gasteiger partial charge in [-0.15, -0.1) is 0 Å². The largest absolute Gasteiger partial charge is 0.491 e. The fraction of sp³-hybridized carbons (Fsp3) is 0.412. The molecule has 0 saturated carbocycles. The number of nitrogens with one attached hydrogen (secondary N) is 3. The number of aliphatic hydroxyl groups excluding tert-OH is 1. The summed E-state index contributed by atoms with van der Waals surface area (Å²) in [5, 5.41) is 12.9. The summed E-state index contributed by atoms with van der Waals surface area (Å²) >= 11 is 0. The summed E-state index contributed by atoms with van der Waals surface area (Å²) in [6.07, 6.45) is 0.417. The summed E-state index contributed by atoms with van der Waals surface area (Å²) < 4.78 is 5.50. The molecule has 0 aliphatic rings. The molecule has 24 heavy (non-hydrogen) atoms. The highest BCUT2D eigenvalue weighted by Crippen LogP contribution is 2.15. The number of imidazole rings is 1. The second kappa shape index (κ2) is 8.47. The monoisotopic (exact) mass is 333 g/mol. The molecule has 0 saturated heterocycles. The molecule has 1 heterocycles. The zero-order valence-electron chi connectivity index (χ0n) is 13.9. The summed E-state index contributed by atoms with van der Waals surface area (Å²) in [7, 11) is 0. The Morgan fingerprint density at radius 3 is 2.58 bits per heavy atom. The number of hydrogen-bond donors (Lipinski definition) is 4. The van der Waals surface area contributed by atoms with E-state index in [0.29, 0.717) is 23.6 Å². The van der Waals surface area contributed by atoms with Crippen LogP contribution in [0.15, 0.2) is 29.1 Å². The number of ketones is 1. The predicted molar refractivity (Wildman–Crippen MR) is 90.7 cm³/mol. The van der Waals surface area contributed by atoms with Gasteiger partial charge in [0.1, 0.15) is 24.2 Å². The summed E-state index contributed by atoms with van der Waals surface area (Å²) in [6.45, 7) is 5.23. The van der Waals surface area contributed by atoms with Crippen molar-refractivity contribution in [2.24, 2.45) is 0 Å². The van der Waals surface area contributed by atoms with Gasteiger partial charge in [0.15, 0.2) is 0 Å². The molecule has 0 bridgehead atoms. The lowest BCUT2D eigenvalue weighted by molar-refractivity contribution is 0.103. The number of H-pyrrole nitrogens is 2. The quantitative estimate of drug-likeness (QED) is 0.404. The van der Waals surface area contributed by atoms with Gasteiger partial charge < -0.3 is 25.1 Å². The van der Waals surface area contributed by atoms with Crippen LogP contribution in [0.5, 0.6) is 5.75 Å². The van der Waals surface area contributed by atoms with E-state index >= 15 is 0 Å².